The van der Waals surface area contributed by atoms with Crippen LogP contribution in [-0.4, -0.2) is 15.7 Å². The van der Waals surface area contributed by atoms with E-state index in [1.165, 1.54) is 6.20 Å². The minimum Gasteiger partial charge on any atom is -0.366 e. The van der Waals surface area contributed by atoms with Crippen molar-refractivity contribution in [1.82, 2.24) is 9.78 Å². The van der Waals surface area contributed by atoms with Gasteiger partial charge in [0.1, 0.15) is 0 Å². The van der Waals surface area contributed by atoms with Gasteiger partial charge in [0.05, 0.1) is 17.4 Å². The summed E-state index contributed by atoms with van der Waals surface area (Å²) in [5.74, 6) is -0.498. The van der Waals surface area contributed by atoms with Crippen molar-refractivity contribution in [3.63, 3.8) is 0 Å². The van der Waals surface area contributed by atoms with Crippen LogP contribution >= 0.6 is 15.9 Å². The number of primary amides is 1. The van der Waals surface area contributed by atoms with Crippen molar-refractivity contribution in [3.05, 3.63) is 46.2 Å². The molecule has 0 saturated carbocycles. The van der Waals surface area contributed by atoms with Crippen molar-refractivity contribution in [1.29, 1.82) is 0 Å². The number of rotatable bonds is 3. The Kier molecular flexibility index (Phi) is 3.26. The molecule has 0 atom stereocenters. The molecule has 1 aromatic carbocycles. The highest BCUT2D eigenvalue weighted by atomic mass is 79.9. The quantitative estimate of drug-likeness (QED) is 0.891. The van der Waals surface area contributed by atoms with Gasteiger partial charge in [0.2, 0.25) is 0 Å². The monoisotopic (exact) mass is 294 g/mol. The van der Waals surface area contributed by atoms with Gasteiger partial charge in [0.15, 0.2) is 0 Å². The molecule has 4 N–H and O–H groups in total. The molecule has 2 aromatic rings. The van der Waals surface area contributed by atoms with Crippen LogP contribution < -0.4 is 11.5 Å². The first kappa shape index (κ1) is 11.8. The molecule has 1 heterocycles. The summed E-state index contributed by atoms with van der Waals surface area (Å²) in [7, 11) is 0. The molecule has 0 aliphatic rings. The molecule has 0 saturated heterocycles. The minimum absolute atomic E-state index is 0.371. The maximum absolute atomic E-state index is 11.0. The molecule has 88 valence electrons. The molecular weight excluding hydrogens is 284 g/mol. The van der Waals surface area contributed by atoms with E-state index in [9.17, 15) is 4.79 Å². The molecule has 1 amide bonds. The lowest BCUT2D eigenvalue weighted by Gasteiger charge is -2.07. The third-order valence-electron chi connectivity index (χ3n) is 2.38. The van der Waals surface area contributed by atoms with Crippen LogP contribution in [0.1, 0.15) is 15.9 Å². The zero-order valence-electron chi connectivity index (χ0n) is 8.93. The van der Waals surface area contributed by atoms with Gasteiger partial charge in [-0.15, -0.1) is 0 Å². The fourth-order valence-electron chi connectivity index (χ4n) is 1.52. The number of halogens is 1. The fraction of sp³-hybridized carbons (Fsp3) is 0.0909. The largest absolute Gasteiger partial charge is 0.366 e. The molecule has 1 aromatic heterocycles. The SMILES string of the molecule is NCc1cc(Br)ccc1-n1cc(C(N)=O)cn1. The summed E-state index contributed by atoms with van der Waals surface area (Å²) in [5.41, 5.74) is 13.0. The highest BCUT2D eigenvalue weighted by molar-refractivity contribution is 9.10. The Bertz CT molecular complexity index is 564. The van der Waals surface area contributed by atoms with Crippen LogP contribution in [0.3, 0.4) is 0 Å². The van der Waals surface area contributed by atoms with Gasteiger partial charge in [0.25, 0.3) is 5.91 Å². The maximum atomic E-state index is 11.0. The van der Waals surface area contributed by atoms with Gasteiger partial charge in [-0.2, -0.15) is 5.10 Å². The smallest absolute Gasteiger partial charge is 0.251 e. The second-order valence-corrected chi connectivity index (χ2v) is 4.43. The molecule has 5 nitrogen and oxygen atoms in total. The molecule has 0 bridgehead atoms. The number of nitrogens with zero attached hydrogens (tertiary/aromatic N) is 2. The van der Waals surface area contributed by atoms with E-state index >= 15 is 0 Å². The van der Waals surface area contributed by atoms with E-state index in [2.05, 4.69) is 21.0 Å². The molecule has 0 radical (unpaired) electrons. The minimum atomic E-state index is -0.498. The lowest BCUT2D eigenvalue weighted by molar-refractivity contribution is 0.100. The van der Waals surface area contributed by atoms with Crippen LogP contribution in [0.2, 0.25) is 0 Å². The van der Waals surface area contributed by atoms with Crippen molar-refractivity contribution in [2.75, 3.05) is 0 Å². The van der Waals surface area contributed by atoms with Crippen molar-refractivity contribution in [2.45, 2.75) is 6.54 Å². The summed E-state index contributed by atoms with van der Waals surface area (Å²) in [5, 5.41) is 4.09. The van der Waals surface area contributed by atoms with Gasteiger partial charge in [0, 0.05) is 17.2 Å². The summed E-state index contributed by atoms with van der Waals surface area (Å²) in [6.45, 7) is 0.389. The molecule has 17 heavy (non-hydrogen) atoms. The summed E-state index contributed by atoms with van der Waals surface area (Å²) in [6.07, 6.45) is 3.02. The molecular formula is C11H11BrN4O. The van der Waals surface area contributed by atoms with E-state index in [1.54, 1.807) is 10.9 Å². The Morgan fingerprint density at radius 1 is 1.47 bits per heavy atom. The normalized spacial score (nSPS) is 10.5. The van der Waals surface area contributed by atoms with E-state index < -0.39 is 5.91 Å². The number of nitrogens with two attached hydrogens (primary N) is 2. The zero-order valence-corrected chi connectivity index (χ0v) is 10.5. The number of benzene rings is 1. The molecule has 0 spiro atoms. The second kappa shape index (κ2) is 4.68. The molecule has 0 fully saturated rings. The lowest BCUT2D eigenvalue weighted by Crippen LogP contribution is -2.09. The Morgan fingerprint density at radius 2 is 2.24 bits per heavy atom. The van der Waals surface area contributed by atoms with Crippen molar-refractivity contribution in [2.24, 2.45) is 11.5 Å². The van der Waals surface area contributed by atoms with Crippen LogP contribution in [-0.2, 0) is 6.54 Å². The summed E-state index contributed by atoms with van der Waals surface area (Å²) in [4.78, 5) is 11.0. The van der Waals surface area contributed by atoms with E-state index in [-0.39, 0.29) is 0 Å². The Hall–Kier alpha value is -1.66. The van der Waals surface area contributed by atoms with Gasteiger partial charge >= 0.3 is 0 Å². The second-order valence-electron chi connectivity index (χ2n) is 3.51. The topological polar surface area (TPSA) is 86.9 Å². The Balaban J connectivity index is 2.48. The molecule has 0 aliphatic heterocycles. The molecule has 0 unspecified atom stereocenters. The standard InChI is InChI=1S/C11H11BrN4O/c12-9-1-2-10(7(3-9)4-13)16-6-8(5-15-16)11(14)17/h1-3,5-6H,4,13H2,(H2,14,17). The first-order chi connectivity index (χ1) is 8.11. The number of hydrogen-bond acceptors (Lipinski definition) is 3. The third kappa shape index (κ3) is 2.37. The van der Waals surface area contributed by atoms with Gasteiger partial charge in [-0.05, 0) is 23.8 Å². The highest BCUT2D eigenvalue weighted by Crippen LogP contribution is 2.19. The van der Waals surface area contributed by atoms with Gasteiger partial charge in [-0.25, -0.2) is 4.68 Å². The number of carbonyl (C=O) groups is 1. The van der Waals surface area contributed by atoms with Crippen LogP contribution in [0, 0.1) is 0 Å². The van der Waals surface area contributed by atoms with Crippen LogP contribution in [0.15, 0.2) is 35.1 Å². The number of amides is 1. The average molecular weight is 295 g/mol. The third-order valence-corrected chi connectivity index (χ3v) is 2.87. The number of aromatic nitrogens is 2. The van der Waals surface area contributed by atoms with Crippen LogP contribution in [0.25, 0.3) is 5.69 Å². The predicted molar refractivity (Wildman–Crippen MR) is 67.7 cm³/mol. The average Bonchev–Trinajstić information content (AvgIpc) is 2.78. The fourth-order valence-corrected chi connectivity index (χ4v) is 1.93. The molecule has 2 rings (SSSR count). The summed E-state index contributed by atoms with van der Waals surface area (Å²) >= 11 is 3.38. The molecule has 0 aliphatic carbocycles. The summed E-state index contributed by atoms with van der Waals surface area (Å²) < 4.78 is 2.54. The van der Waals surface area contributed by atoms with Gasteiger partial charge in [-0.3, -0.25) is 4.79 Å². The Morgan fingerprint density at radius 3 is 2.82 bits per heavy atom. The number of carbonyl (C=O) groups excluding carboxylic acids is 1. The first-order valence-electron chi connectivity index (χ1n) is 4.95. The van der Waals surface area contributed by atoms with Crippen LogP contribution in [0.4, 0.5) is 0 Å². The van der Waals surface area contributed by atoms with Crippen molar-refractivity contribution >= 4 is 21.8 Å². The molecule has 6 heteroatoms. The highest BCUT2D eigenvalue weighted by Gasteiger charge is 2.08. The van der Waals surface area contributed by atoms with Gasteiger partial charge < -0.3 is 11.5 Å². The van der Waals surface area contributed by atoms with Gasteiger partial charge in [-0.1, -0.05) is 15.9 Å². The van der Waals surface area contributed by atoms with Crippen LogP contribution in [0.5, 0.6) is 0 Å². The first-order valence-corrected chi connectivity index (χ1v) is 5.74. The maximum Gasteiger partial charge on any atom is 0.251 e. The van der Waals surface area contributed by atoms with E-state index in [1.807, 2.05) is 18.2 Å². The van der Waals surface area contributed by atoms with E-state index in [4.69, 9.17) is 11.5 Å². The predicted octanol–water partition coefficient (Wildman–Crippen LogP) is 1.19. The lowest BCUT2D eigenvalue weighted by atomic mass is 10.2. The van der Waals surface area contributed by atoms with Crippen molar-refractivity contribution in [3.8, 4) is 5.69 Å². The van der Waals surface area contributed by atoms with E-state index in [0.29, 0.717) is 12.1 Å². The van der Waals surface area contributed by atoms with Crippen molar-refractivity contribution < 1.29 is 4.79 Å². The number of hydrogen-bond donors (Lipinski definition) is 2. The zero-order chi connectivity index (χ0) is 12.4. The van der Waals surface area contributed by atoms with E-state index in [0.717, 1.165) is 15.7 Å². The Labute approximate surface area is 107 Å². The summed E-state index contributed by atoms with van der Waals surface area (Å²) in [6, 6.07) is 5.69.